The molecule has 1 aromatic carbocycles. The Morgan fingerprint density at radius 1 is 1.47 bits per heavy atom. The van der Waals surface area contributed by atoms with Crippen LogP contribution in [-0.2, 0) is 20.8 Å². The summed E-state index contributed by atoms with van der Waals surface area (Å²) < 4.78 is 43.8. The first-order valence-electron chi connectivity index (χ1n) is 5.42. The molecule has 8 heteroatoms. The van der Waals surface area contributed by atoms with Gasteiger partial charge in [0.25, 0.3) is 0 Å². The molecule has 0 amide bonds. The van der Waals surface area contributed by atoms with E-state index in [0.717, 1.165) is 0 Å². The molecule has 1 N–H and O–H groups in total. The lowest BCUT2D eigenvalue weighted by Gasteiger charge is -2.15. The third kappa shape index (κ3) is 4.87. The minimum absolute atomic E-state index is 0.0538. The van der Waals surface area contributed by atoms with Crippen LogP contribution in [0.2, 0.25) is 0 Å². The Hall–Kier alpha value is -0.440. The second-order valence-corrected chi connectivity index (χ2v) is 8.14. The fourth-order valence-corrected chi connectivity index (χ4v) is 4.42. The summed E-state index contributed by atoms with van der Waals surface area (Å²) in [5.74, 6) is 0.524. The summed E-state index contributed by atoms with van der Waals surface area (Å²) in [6.07, 6.45) is 1.53. The Balaban J connectivity index is 3.06. The molecule has 108 valence electrons. The number of methoxy groups -OCH3 is 1. The Kier molecular flexibility index (Phi) is 5.97. The van der Waals surface area contributed by atoms with Gasteiger partial charge in [-0.15, -0.1) is 0 Å². The van der Waals surface area contributed by atoms with Crippen LogP contribution in [-0.4, -0.2) is 37.8 Å². The molecule has 2 atom stereocenters. The normalized spacial score (nSPS) is 14.9. The van der Waals surface area contributed by atoms with Gasteiger partial charge in [-0.2, -0.15) is 0 Å². The molecule has 0 aromatic heterocycles. The van der Waals surface area contributed by atoms with Gasteiger partial charge in [-0.05, 0) is 25.1 Å². The number of halogens is 1. The molecule has 19 heavy (non-hydrogen) atoms. The van der Waals surface area contributed by atoms with Crippen LogP contribution in [0.3, 0.4) is 0 Å². The van der Waals surface area contributed by atoms with E-state index in [-0.39, 0.29) is 16.4 Å². The standard InChI is InChI=1S/C11H16BrNO4S2/c1-8(7-18(3)14)13-19(15,16)11-6-9(12)4-5-10(11)17-2/h4-6,8,13H,7H2,1-3H3. The van der Waals surface area contributed by atoms with Crippen LogP contribution in [0.5, 0.6) is 5.75 Å². The van der Waals surface area contributed by atoms with Crippen LogP contribution >= 0.6 is 15.9 Å². The molecule has 0 heterocycles. The molecule has 0 aliphatic rings. The van der Waals surface area contributed by atoms with Crippen LogP contribution in [0, 0.1) is 0 Å². The van der Waals surface area contributed by atoms with Crippen molar-refractivity contribution < 1.29 is 17.4 Å². The second-order valence-electron chi connectivity index (χ2n) is 4.06. The molecular weight excluding hydrogens is 354 g/mol. The van der Waals surface area contributed by atoms with Crippen molar-refractivity contribution in [2.75, 3.05) is 19.1 Å². The van der Waals surface area contributed by atoms with Crippen LogP contribution in [0.1, 0.15) is 6.92 Å². The number of ether oxygens (including phenoxy) is 1. The van der Waals surface area contributed by atoms with Crippen LogP contribution in [0.4, 0.5) is 0 Å². The number of sulfonamides is 1. The molecule has 5 nitrogen and oxygen atoms in total. The first-order valence-corrected chi connectivity index (χ1v) is 9.42. The first kappa shape index (κ1) is 16.6. The highest BCUT2D eigenvalue weighted by atomic mass is 79.9. The van der Waals surface area contributed by atoms with Gasteiger partial charge in [0.05, 0.1) is 7.11 Å². The van der Waals surface area contributed by atoms with E-state index in [9.17, 15) is 12.6 Å². The van der Waals surface area contributed by atoms with Gasteiger partial charge in [-0.1, -0.05) is 15.9 Å². The predicted octanol–water partition coefficient (Wildman–Crippen LogP) is 1.50. The first-order chi connectivity index (χ1) is 8.76. The lowest BCUT2D eigenvalue weighted by molar-refractivity contribution is 0.402. The maximum Gasteiger partial charge on any atom is 0.244 e. The van der Waals surface area contributed by atoms with E-state index in [1.54, 1.807) is 19.1 Å². The van der Waals surface area contributed by atoms with Crippen molar-refractivity contribution in [1.82, 2.24) is 4.72 Å². The summed E-state index contributed by atoms with van der Waals surface area (Å²) in [6.45, 7) is 1.67. The van der Waals surface area contributed by atoms with Gasteiger partial charge in [0, 0.05) is 33.3 Å². The molecule has 2 unspecified atom stereocenters. The van der Waals surface area contributed by atoms with E-state index in [1.165, 1.54) is 19.4 Å². The summed E-state index contributed by atoms with van der Waals surface area (Å²) in [7, 11) is -3.37. The lowest BCUT2D eigenvalue weighted by atomic mass is 10.3. The highest BCUT2D eigenvalue weighted by Crippen LogP contribution is 2.27. The Labute approximate surface area is 124 Å². The largest absolute Gasteiger partial charge is 0.495 e. The highest BCUT2D eigenvalue weighted by Gasteiger charge is 2.22. The fraction of sp³-hybridized carbons (Fsp3) is 0.455. The average molecular weight is 370 g/mol. The van der Waals surface area contributed by atoms with Gasteiger partial charge in [0.1, 0.15) is 10.6 Å². The summed E-state index contributed by atoms with van der Waals surface area (Å²) in [5, 5.41) is 0. The number of hydrogen-bond acceptors (Lipinski definition) is 4. The molecule has 0 spiro atoms. The Bertz CT molecular complexity index is 574. The summed E-state index contributed by atoms with van der Waals surface area (Å²) in [5.41, 5.74) is 0. The van der Waals surface area contributed by atoms with Crippen LogP contribution in [0.25, 0.3) is 0 Å². The number of hydrogen-bond donors (Lipinski definition) is 1. The molecule has 0 fully saturated rings. The van der Waals surface area contributed by atoms with E-state index in [1.807, 2.05) is 0 Å². The van der Waals surface area contributed by atoms with Gasteiger partial charge in [-0.3, -0.25) is 4.21 Å². The Morgan fingerprint density at radius 3 is 2.63 bits per heavy atom. The minimum atomic E-state index is -3.71. The SMILES string of the molecule is COc1ccc(Br)cc1S(=O)(=O)NC(C)CS(C)=O. The zero-order valence-electron chi connectivity index (χ0n) is 10.8. The predicted molar refractivity (Wildman–Crippen MR) is 79.4 cm³/mol. The van der Waals surface area contributed by atoms with E-state index in [4.69, 9.17) is 4.74 Å². The molecule has 1 rings (SSSR count). The van der Waals surface area contributed by atoms with Crippen LogP contribution < -0.4 is 9.46 Å². The molecule has 0 radical (unpaired) electrons. The minimum Gasteiger partial charge on any atom is -0.495 e. The summed E-state index contributed by atoms with van der Waals surface area (Å²) >= 11 is 3.23. The average Bonchev–Trinajstić information content (AvgIpc) is 2.26. The van der Waals surface area contributed by atoms with E-state index in [2.05, 4.69) is 20.7 Å². The summed E-state index contributed by atoms with van der Waals surface area (Å²) in [4.78, 5) is 0.0538. The fourth-order valence-electron chi connectivity index (χ4n) is 1.57. The number of rotatable bonds is 6. The van der Waals surface area contributed by atoms with Gasteiger partial charge in [-0.25, -0.2) is 13.1 Å². The quantitative estimate of drug-likeness (QED) is 0.824. The van der Waals surface area contributed by atoms with Crippen molar-refractivity contribution in [2.24, 2.45) is 0 Å². The van der Waals surface area contributed by atoms with Gasteiger partial charge in [0.15, 0.2) is 0 Å². The smallest absolute Gasteiger partial charge is 0.244 e. The third-order valence-electron chi connectivity index (χ3n) is 2.26. The monoisotopic (exact) mass is 369 g/mol. The third-order valence-corrected chi connectivity index (χ3v) is 5.33. The maximum atomic E-state index is 12.2. The molecule has 0 saturated carbocycles. The van der Waals surface area contributed by atoms with Gasteiger partial charge >= 0.3 is 0 Å². The lowest BCUT2D eigenvalue weighted by Crippen LogP contribution is -2.36. The van der Waals surface area contributed by atoms with E-state index < -0.39 is 26.9 Å². The van der Waals surface area contributed by atoms with Crippen molar-refractivity contribution >= 4 is 36.8 Å². The topological polar surface area (TPSA) is 72.5 Å². The van der Waals surface area contributed by atoms with Gasteiger partial charge in [0.2, 0.25) is 10.0 Å². The Morgan fingerprint density at radius 2 is 2.11 bits per heavy atom. The zero-order chi connectivity index (χ0) is 14.6. The maximum absolute atomic E-state index is 12.2. The second kappa shape index (κ2) is 6.83. The van der Waals surface area contributed by atoms with Crippen molar-refractivity contribution in [3.63, 3.8) is 0 Å². The number of nitrogens with one attached hydrogen (secondary N) is 1. The van der Waals surface area contributed by atoms with E-state index >= 15 is 0 Å². The molecule has 0 aliphatic carbocycles. The molecule has 0 aliphatic heterocycles. The van der Waals surface area contributed by atoms with Crippen molar-refractivity contribution in [2.45, 2.75) is 17.9 Å². The van der Waals surface area contributed by atoms with Gasteiger partial charge < -0.3 is 4.74 Å². The highest BCUT2D eigenvalue weighted by molar-refractivity contribution is 9.10. The molecular formula is C11H16BrNO4S2. The summed E-state index contributed by atoms with van der Waals surface area (Å²) in [6, 6.07) is 4.32. The van der Waals surface area contributed by atoms with Crippen molar-refractivity contribution in [3.8, 4) is 5.75 Å². The zero-order valence-corrected chi connectivity index (χ0v) is 14.1. The molecule has 0 bridgehead atoms. The number of benzene rings is 1. The molecule has 1 aromatic rings. The van der Waals surface area contributed by atoms with E-state index in [0.29, 0.717) is 4.47 Å². The van der Waals surface area contributed by atoms with Crippen molar-refractivity contribution in [3.05, 3.63) is 22.7 Å². The van der Waals surface area contributed by atoms with Crippen LogP contribution in [0.15, 0.2) is 27.6 Å². The molecule has 0 saturated heterocycles. The van der Waals surface area contributed by atoms with Crippen molar-refractivity contribution in [1.29, 1.82) is 0 Å².